The first kappa shape index (κ1) is 14.2. The molecule has 0 heterocycles. The fourth-order valence-electron chi connectivity index (χ4n) is 1.39. The normalized spacial score (nSPS) is 13.5. The molecule has 2 N–H and O–H groups in total. The smallest absolute Gasteiger partial charge is 0.276 e. The molecule has 0 aliphatic carbocycles. The highest BCUT2D eigenvalue weighted by Gasteiger charge is 2.28. The van der Waals surface area contributed by atoms with E-state index in [-0.39, 0.29) is 10.6 Å². The number of aliphatic hydroxyl groups is 2. The molecule has 0 amide bonds. The number of nitrogens with zero attached hydrogens (tertiary/aromatic N) is 4. The summed E-state index contributed by atoms with van der Waals surface area (Å²) in [6.45, 7) is -0.417. The van der Waals surface area contributed by atoms with Crippen LogP contribution in [-0.2, 0) is 0 Å². The maximum absolute atomic E-state index is 10.8. The van der Waals surface area contributed by atoms with E-state index in [4.69, 9.17) is 17.1 Å². The van der Waals surface area contributed by atoms with Crippen LogP contribution in [0.2, 0.25) is 5.02 Å². The lowest BCUT2D eigenvalue weighted by Crippen LogP contribution is -2.22. The highest BCUT2D eigenvalue weighted by Crippen LogP contribution is 2.33. The molecule has 96 valence electrons. The Labute approximate surface area is 106 Å². The average molecular weight is 273 g/mol. The van der Waals surface area contributed by atoms with Gasteiger partial charge in [-0.2, -0.15) is 0 Å². The molecule has 2 atom stereocenters. The Balaban J connectivity index is 3.14. The van der Waals surface area contributed by atoms with Crippen molar-refractivity contribution in [2.45, 2.75) is 12.2 Å². The van der Waals surface area contributed by atoms with Crippen LogP contribution in [0, 0.1) is 10.1 Å². The number of hydrogen-bond acceptors (Lipinski definition) is 5. The molecule has 1 rings (SSSR count). The number of azide groups is 1. The monoisotopic (exact) mass is 272 g/mol. The predicted molar refractivity (Wildman–Crippen MR) is 63.1 cm³/mol. The molecule has 0 aliphatic heterocycles. The van der Waals surface area contributed by atoms with Crippen LogP contribution in [0.1, 0.15) is 11.7 Å². The van der Waals surface area contributed by atoms with E-state index in [1.165, 1.54) is 12.1 Å². The van der Waals surface area contributed by atoms with Crippen molar-refractivity contribution in [3.8, 4) is 0 Å². The molecule has 0 saturated carbocycles. The van der Waals surface area contributed by atoms with Gasteiger partial charge < -0.3 is 10.2 Å². The van der Waals surface area contributed by atoms with Gasteiger partial charge in [0, 0.05) is 11.0 Å². The van der Waals surface area contributed by atoms with E-state index in [0.717, 1.165) is 6.07 Å². The summed E-state index contributed by atoms with van der Waals surface area (Å²) < 4.78 is 0. The zero-order valence-corrected chi connectivity index (χ0v) is 9.73. The van der Waals surface area contributed by atoms with E-state index in [9.17, 15) is 20.3 Å². The van der Waals surface area contributed by atoms with Gasteiger partial charge in [0.15, 0.2) is 0 Å². The van der Waals surface area contributed by atoms with Crippen molar-refractivity contribution in [3.05, 3.63) is 49.3 Å². The molecule has 0 aromatic heterocycles. The molecule has 0 fully saturated rings. The quantitative estimate of drug-likeness (QED) is 0.278. The van der Waals surface area contributed by atoms with Crippen LogP contribution in [0.15, 0.2) is 23.3 Å². The molecule has 1 aromatic carbocycles. The topological polar surface area (TPSA) is 132 Å². The van der Waals surface area contributed by atoms with Gasteiger partial charge in [0.1, 0.15) is 6.10 Å². The summed E-state index contributed by atoms with van der Waals surface area (Å²) in [5.41, 5.74) is 7.48. The Morgan fingerprint density at radius 3 is 2.78 bits per heavy atom. The summed E-state index contributed by atoms with van der Waals surface area (Å²) in [7, 11) is 0. The van der Waals surface area contributed by atoms with Crippen LogP contribution in [0.25, 0.3) is 10.4 Å². The van der Waals surface area contributed by atoms with Crippen molar-refractivity contribution >= 4 is 17.3 Å². The van der Waals surface area contributed by atoms with E-state index in [1.54, 1.807) is 0 Å². The Hall–Kier alpha value is -1.86. The Kier molecular flexibility index (Phi) is 4.87. The fourth-order valence-corrected chi connectivity index (χ4v) is 1.67. The number of nitro groups is 1. The van der Waals surface area contributed by atoms with Gasteiger partial charge in [-0.25, -0.2) is 0 Å². The highest BCUT2D eigenvalue weighted by atomic mass is 35.5. The second kappa shape index (κ2) is 6.18. The number of nitro benzene ring substituents is 1. The van der Waals surface area contributed by atoms with Crippen LogP contribution in [0.3, 0.4) is 0 Å². The van der Waals surface area contributed by atoms with Crippen molar-refractivity contribution in [1.82, 2.24) is 0 Å². The summed E-state index contributed by atoms with van der Waals surface area (Å²) >= 11 is 5.77. The maximum atomic E-state index is 10.8. The summed E-state index contributed by atoms with van der Waals surface area (Å²) in [4.78, 5) is 12.5. The Bertz CT molecular complexity index is 503. The van der Waals surface area contributed by atoms with Gasteiger partial charge in [0.2, 0.25) is 0 Å². The maximum Gasteiger partial charge on any atom is 0.276 e. The standard InChI is InChI=1S/C9H9ClN4O4/c10-5-2-1-3-6(14(17)18)8(5)9(16)7(15)4-12-13-11/h1-3,7,9,15-16H,4H2. The summed E-state index contributed by atoms with van der Waals surface area (Å²) in [5.74, 6) is 0. The van der Waals surface area contributed by atoms with E-state index in [1.807, 2.05) is 0 Å². The molecular formula is C9H9ClN4O4. The zero-order valence-electron chi connectivity index (χ0n) is 8.97. The number of hydrogen-bond donors (Lipinski definition) is 2. The second-order valence-electron chi connectivity index (χ2n) is 3.36. The van der Waals surface area contributed by atoms with Crippen molar-refractivity contribution in [3.63, 3.8) is 0 Å². The molecule has 1 aromatic rings. The third kappa shape index (κ3) is 3.08. The van der Waals surface area contributed by atoms with Crippen LogP contribution in [-0.4, -0.2) is 27.8 Å². The summed E-state index contributed by atoms with van der Waals surface area (Å²) in [6.07, 6.45) is -3.08. The molecular weight excluding hydrogens is 264 g/mol. The molecule has 0 spiro atoms. The number of benzene rings is 1. The van der Waals surface area contributed by atoms with E-state index in [0.29, 0.717) is 0 Å². The second-order valence-corrected chi connectivity index (χ2v) is 3.76. The Morgan fingerprint density at radius 1 is 1.56 bits per heavy atom. The van der Waals surface area contributed by atoms with Gasteiger partial charge in [0.25, 0.3) is 5.69 Å². The number of rotatable bonds is 5. The molecule has 18 heavy (non-hydrogen) atoms. The molecule has 2 unspecified atom stereocenters. The lowest BCUT2D eigenvalue weighted by atomic mass is 10.0. The van der Waals surface area contributed by atoms with Gasteiger partial charge in [-0.05, 0) is 11.6 Å². The van der Waals surface area contributed by atoms with Crippen molar-refractivity contribution in [2.75, 3.05) is 6.54 Å². The van der Waals surface area contributed by atoms with Crippen LogP contribution >= 0.6 is 11.6 Å². The van der Waals surface area contributed by atoms with E-state index >= 15 is 0 Å². The van der Waals surface area contributed by atoms with Crippen LogP contribution in [0.5, 0.6) is 0 Å². The fraction of sp³-hybridized carbons (Fsp3) is 0.333. The van der Waals surface area contributed by atoms with Crippen LogP contribution < -0.4 is 0 Å². The third-order valence-electron chi connectivity index (χ3n) is 2.22. The first-order chi connectivity index (χ1) is 8.49. The lowest BCUT2D eigenvalue weighted by molar-refractivity contribution is -0.386. The molecule has 0 radical (unpaired) electrons. The van der Waals surface area contributed by atoms with E-state index < -0.39 is 29.4 Å². The largest absolute Gasteiger partial charge is 0.390 e. The minimum Gasteiger partial charge on any atom is -0.390 e. The average Bonchev–Trinajstić information content (AvgIpc) is 2.34. The SMILES string of the molecule is [N-]=[N+]=NCC(O)C(O)c1c(Cl)cccc1[N+](=O)[O-]. The van der Waals surface area contributed by atoms with Crippen LogP contribution in [0.4, 0.5) is 5.69 Å². The van der Waals surface area contributed by atoms with Gasteiger partial charge in [-0.15, -0.1) is 0 Å². The lowest BCUT2D eigenvalue weighted by Gasteiger charge is -2.17. The molecule has 8 nitrogen and oxygen atoms in total. The first-order valence-electron chi connectivity index (χ1n) is 4.78. The van der Waals surface area contributed by atoms with Gasteiger partial charge in [-0.1, -0.05) is 22.8 Å². The van der Waals surface area contributed by atoms with E-state index in [2.05, 4.69) is 10.0 Å². The minimum absolute atomic E-state index is 0.0447. The number of halogens is 1. The highest BCUT2D eigenvalue weighted by molar-refractivity contribution is 6.31. The molecule has 0 bridgehead atoms. The van der Waals surface area contributed by atoms with Gasteiger partial charge >= 0.3 is 0 Å². The third-order valence-corrected chi connectivity index (χ3v) is 2.55. The van der Waals surface area contributed by atoms with Crippen molar-refractivity contribution < 1.29 is 15.1 Å². The Morgan fingerprint density at radius 2 is 2.22 bits per heavy atom. The summed E-state index contributed by atoms with van der Waals surface area (Å²) in [6, 6.07) is 3.87. The molecule has 0 saturated heterocycles. The van der Waals surface area contributed by atoms with Crippen molar-refractivity contribution in [1.29, 1.82) is 0 Å². The van der Waals surface area contributed by atoms with Gasteiger partial charge in [-0.3, -0.25) is 10.1 Å². The minimum atomic E-state index is -1.61. The zero-order chi connectivity index (χ0) is 13.7. The summed E-state index contributed by atoms with van der Waals surface area (Å²) in [5, 5.41) is 33.2. The number of aliphatic hydroxyl groups excluding tert-OH is 2. The predicted octanol–water partition coefficient (Wildman–Crippen LogP) is 1.95. The first-order valence-corrected chi connectivity index (χ1v) is 5.16. The molecule has 0 aliphatic rings. The van der Waals surface area contributed by atoms with Gasteiger partial charge in [0.05, 0.1) is 28.2 Å². The molecule has 9 heteroatoms. The van der Waals surface area contributed by atoms with Crippen molar-refractivity contribution in [2.24, 2.45) is 5.11 Å².